The first kappa shape index (κ1) is 20.3. The first-order chi connectivity index (χ1) is 15.7. The quantitative estimate of drug-likeness (QED) is 0.368. The largest absolute Gasteiger partial charge is 0.322 e. The Morgan fingerprint density at radius 2 is 1.94 bits per heavy atom. The first-order valence-corrected chi connectivity index (χ1v) is 11.7. The third-order valence-electron chi connectivity index (χ3n) is 4.88. The number of nitrogens with zero attached hydrogens (tertiary/aromatic N) is 5. The SMILES string of the molecule is CCn1ncc2c(C(=O)Nc3ccc(Sc4nncs4)cc3)cc(-c3ccccc3)nc21. The van der Waals surface area contributed by atoms with Crippen molar-refractivity contribution in [2.45, 2.75) is 22.7 Å². The first-order valence-electron chi connectivity index (χ1n) is 9.98. The van der Waals surface area contributed by atoms with Crippen molar-refractivity contribution in [3.63, 3.8) is 0 Å². The number of amides is 1. The number of rotatable bonds is 6. The molecule has 0 unspecified atom stereocenters. The lowest BCUT2D eigenvalue weighted by Crippen LogP contribution is -2.13. The third kappa shape index (κ3) is 4.12. The van der Waals surface area contributed by atoms with Gasteiger partial charge in [0.25, 0.3) is 5.91 Å². The Labute approximate surface area is 192 Å². The smallest absolute Gasteiger partial charge is 0.256 e. The maximum Gasteiger partial charge on any atom is 0.256 e. The molecule has 3 aromatic heterocycles. The normalized spacial score (nSPS) is 11.0. The van der Waals surface area contributed by atoms with Gasteiger partial charge in [-0.1, -0.05) is 53.4 Å². The van der Waals surface area contributed by atoms with Crippen molar-refractivity contribution >= 4 is 45.7 Å². The minimum atomic E-state index is -0.199. The number of hydrogen-bond donors (Lipinski definition) is 1. The zero-order valence-electron chi connectivity index (χ0n) is 17.1. The monoisotopic (exact) mass is 458 g/mol. The summed E-state index contributed by atoms with van der Waals surface area (Å²) in [5, 5.41) is 16.0. The van der Waals surface area contributed by atoms with Gasteiger partial charge in [0.1, 0.15) is 5.51 Å². The number of aryl methyl sites for hydroxylation is 1. The summed E-state index contributed by atoms with van der Waals surface area (Å²) in [5.41, 5.74) is 5.35. The van der Waals surface area contributed by atoms with Gasteiger partial charge in [-0.25, -0.2) is 9.67 Å². The van der Waals surface area contributed by atoms with Gasteiger partial charge in [-0.15, -0.1) is 10.2 Å². The number of anilines is 1. The van der Waals surface area contributed by atoms with Crippen molar-refractivity contribution in [1.82, 2.24) is 25.0 Å². The summed E-state index contributed by atoms with van der Waals surface area (Å²) in [5.74, 6) is -0.199. The molecule has 1 amide bonds. The van der Waals surface area contributed by atoms with Gasteiger partial charge >= 0.3 is 0 Å². The molecule has 0 bridgehead atoms. The fraction of sp³-hybridized carbons (Fsp3) is 0.0870. The molecule has 0 radical (unpaired) electrons. The van der Waals surface area contributed by atoms with E-state index in [1.807, 2.05) is 67.6 Å². The number of carbonyl (C=O) groups is 1. The van der Waals surface area contributed by atoms with Gasteiger partial charge in [0, 0.05) is 22.7 Å². The Morgan fingerprint density at radius 1 is 1.12 bits per heavy atom. The molecule has 2 aromatic carbocycles. The van der Waals surface area contributed by atoms with E-state index >= 15 is 0 Å². The lowest BCUT2D eigenvalue weighted by molar-refractivity contribution is 0.102. The Bertz CT molecular complexity index is 1370. The molecule has 0 aliphatic heterocycles. The molecule has 0 saturated heterocycles. The van der Waals surface area contributed by atoms with Crippen LogP contribution in [0.4, 0.5) is 5.69 Å². The van der Waals surface area contributed by atoms with Crippen LogP contribution < -0.4 is 5.32 Å². The molecule has 1 N–H and O–H groups in total. The number of carbonyl (C=O) groups excluding carboxylic acids is 1. The van der Waals surface area contributed by atoms with E-state index in [9.17, 15) is 4.79 Å². The van der Waals surface area contributed by atoms with Gasteiger partial charge in [-0.2, -0.15) is 5.10 Å². The lowest BCUT2D eigenvalue weighted by atomic mass is 10.1. The van der Waals surface area contributed by atoms with E-state index in [0.717, 1.165) is 25.9 Å². The van der Waals surface area contributed by atoms with Gasteiger partial charge in [0.15, 0.2) is 9.99 Å². The predicted molar refractivity (Wildman–Crippen MR) is 127 cm³/mol. The Kier molecular flexibility index (Phi) is 5.66. The summed E-state index contributed by atoms with van der Waals surface area (Å²) in [7, 11) is 0. The zero-order valence-corrected chi connectivity index (χ0v) is 18.7. The van der Waals surface area contributed by atoms with E-state index in [4.69, 9.17) is 4.98 Å². The minimum absolute atomic E-state index is 0.199. The Hall–Kier alpha value is -3.56. The summed E-state index contributed by atoms with van der Waals surface area (Å²) in [6.07, 6.45) is 1.71. The second-order valence-corrected chi connectivity index (χ2v) is 9.06. The maximum absolute atomic E-state index is 13.3. The third-order valence-corrected chi connectivity index (χ3v) is 6.67. The van der Waals surface area contributed by atoms with Crippen LogP contribution in [0.25, 0.3) is 22.3 Å². The number of fused-ring (bicyclic) bond motifs is 1. The van der Waals surface area contributed by atoms with Crippen LogP contribution in [-0.4, -0.2) is 30.9 Å². The topological polar surface area (TPSA) is 85.6 Å². The van der Waals surface area contributed by atoms with E-state index in [2.05, 4.69) is 20.6 Å². The van der Waals surface area contributed by atoms with E-state index in [1.54, 1.807) is 16.4 Å². The second-order valence-electron chi connectivity index (χ2n) is 6.90. The number of hydrogen-bond acceptors (Lipinski definition) is 7. The fourth-order valence-corrected chi connectivity index (χ4v) is 4.79. The van der Waals surface area contributed by atoms with Crippen molar-refractivity contribution in [3.8, 4) is 11.3 Å². The molecule has 7 nitrogen and oxygen atoms in total. The van der Waals surface area contributed by atoms with Crippen LogP contribution in [0.3, 0.4) is 0 Å². The van der Waals surface area contributed by atoms with Crippen LogP contribution in [0.5, 0.6) is 0 Å². The van der Waals surface area contributed by atoms with Gasteiger partial charge in [0.2, 0.25) is 0 Å². The average molecular weight is 459 g/mol. The van der Waals surface area contributed by atoms with Crippen molar-refractivity contribution < 1.29 is 4.79 Å². The Balaban J connectivity index is 1.45. The van der Waals surface area contributed by atoms with Crippen molar-refractivity contribution in [2.75, 3.05) is 5.32 Å². The van der Waals surface area contributed by atoms with E-state index in [1.165, 1.54) is 23.1 Å². The van der Waals surface area contributed by atoms with E-state index in [0.29, 0.717) is 23.4 Å². The number of pyridine rings is 1. The highest BCUT2D eigenvalue weighted by atomic mass is 32.2. The maximum atomic E-state index is 13.3. The lowest BCUT2D eigenvalue weighted by Gasteiger charge is -2.10. The molecule has 0 aliphatic carbocycles. The molecule has 0 fully saturated rings. The fourth-order valence-electron chi connectivity index (χ4n) is 3.34. The zero-order chi connectivity index (χ0) is 21.9. The number of benzene rings is 2. The second kappa shape index (κ2) is 8.89. The van der Waals surface area contributed by atoms with Crippen LogP contribution in [0.2, 0.25) is 0 Å². The summed E-state index contributed by atoms with van der Waals surface area (Å²) in [6.45, 7) is 2.67. The van der Waals surface area contributed by atoms with Gasteiger partial charge in [-0.05, 0) is 37.3 Å². The summed E-state index contributed by atoms with van der Waals surface area (Å²) in [6, 6.07) is 19.3. The molecule has 5 rings (SSSR count). The summed E-state index contributed by atoms with van der Waals surface area (Å²) >= 11 is 3.03. The van der Waals surface area contributed by atoms with Crippen LogP contribution >= 0.6 is 23.1 Å². The van der Waals surface area contributed by atoms with Crippen molar-refractivity contribution in [1.29, 1.82) is 0 Å². The summed E-state index contributed by atoms with van der Waals surface area (Å²) in [4.78, 5) is 19.1. The van der Waals surface area contributed by atoms with Gasteiger partial charge in [-0.3, -0.25) is 4.79 Å². The molecule has 3 heterocycles. The highest BCUT2D eigenvalue weighted by Gasteiger charge is 2.17. The van der Waals surface area contributed by atoms with E-state index in [-0.39, 0.29) is 5.91 Å². The molecule has 0 aliphatic rings. The highest BCUT2D eigenvalue weighted by Crippen LogP contribution is 2.30. The van der Waals surface area contributed by atoms with Gasteiger partial charge < -0.3 is 5.32 Å². The van der Waals surface area contributed by atoms with Crippen molar-refractivity contribution in [2.24, 2.45) is 0 Å². The highest BCUT2D eigenvalue weighted by molar-refractivity contribution is 8.01. The Morgan fingerprint density at radius 3 is 2.66 bits per heavy atom. The summed E-state index contributed by atoms with van der Waals surface area (Å²) < 4.78 is 2.68. The molecule has 5 aromatic rings. The van der Waals surface area contributed by atoms with Crippen molar-refractivity contribution in [3.05, 3.63) is 77.9 Å². The predicted octanol–water partition coefficient (Wildman–Crippen LogP) is 5.37. The molecule has 158 valence electrons. The van der Waals surface area contributed by atoms with E-state index < -0.39 is 0 Å². The number of nitrogens with one attached hydrogen (secondary N) is 1. The molecule has 0 atom stereocenters. The van der Waals surface area contributed by atoms with Crippen LogP contribution in [-0.2, 0) is 6.54 Å². The van der Waals surface area contributed by atoms with Crippen LogP contribution in [0.15, 0.2) is 81.6 Å². The standard InChI is InChI=1S/C23H18N6OS2/c1-2-29-21-19(13-25-29)18(12-20(27-21)15-6-4-3-5-7-15)22(30)26-16-8-10-17(11-9-16)32-23-28-24-14-31-23/h3-14H,2H2,1H3,(H,26,30). The molecule has 0 spiro atoms. The van der Waals surface area contributed by atoms with Gasteiger partial charge in [0.05, 0.1) is 22.8 Å². The molecule has 0 saturated carbocycles. The molecule has 9 heteroatoms. The number of aromatic nitrogens is 5. The molecular formula is C23H18N6OS2. The molecular weight excluding hydrogens is 440 g/mol. The van der Waals surface area contributed by atoms with Crippen LogP contribution in [0, 0.1) is 0 Å². The minimum Gasteiger partial charge on any atom is -0.322 e. The van der Waals surface area contributed by atoms with Crippen LogP contribution in [0.1, 0.15) is 17.3 Å². The average Bonchev–Trinajstić information content (AvgIpc) is 3.50. The molecule has 32 heavy (non-hydrogen) atoms.